The van der Waals surface area contributed by atoms with E-state index in [1.54, 1.807) is 12.1 Å². The lowest BCUT2D eigenvalue weighted by atomic mass is 9.63. The first-order chi connectivity index (χ1) is 15.7. The summed E-state index contributed by atoms with van der Waals surface area (Å²) in [7, 11) is 0. The fraction of sp³-hybridized carbons (Fsp3) is 0.310. The van der Waals surface area contributed by atoms with Crippen molar-refractivity contribution in [1.29, 1.82) is 0 Å². The van der Waals surface area contributed by atoms with E-state index >= 15 is 0 Å². The van der Waals surface area contributed by atoms with Crippen LogP contribution in [0.25, 0.3) is 22.4 Å². The summed E-state index contributed by atoms with van der Waals surface area (Å²) in [5.41, 5.74) is 7.56. The standard InChI is InChI=1S/C29H30N2O2/c1-28(2)14-15-29(3,4)23-17-25-24(16-22(23)28)30-26(20-10-12-21(13-11-20)27(32)33)31(25)18-19-8-6-5-7-9-19/h5-13,16-17H,14-15,18H2,1-4H3,(H,32,33). The molecule has 0 amide bonds. The van der Waals surface area contributed by atoms with E-state index in [0.717, 1.165) is 35.3 Å². The van der Waals surface area contributed by atoms with Crippen LogP contribution >= 0.6 is 0 Å². The van der Waals surface area contributed by atoms with E-state index in [-0.39, 0.29) is 16.4 Å². The van der Waals surface area contributed by atoms with E-state index in [9.17, 15) is 9.90 Å². The maximum Gasteiger partial charge on any atom is 0.335 e. The van der Waals surface area contributed by atoms with E-state index < -0.39 is 5.97 Å². The normalized spacial score (nSPS) is 16.5. The molecule has 0 spiro atoms. The molecule has 0 saturated heterocycles. The highest BCUT2D eigenvalue weighted by atomic mass is 16.4. The van der Waals surface area contributed by atoms with Gasteiger partial charge in [-0.25, -0.2) is 9.78 Å². The molecule has 4 heteroatoms. The van der Waals surface area contributed by atoms with Crippen molar-refractivity contribution in [1.82, 2.24) is 9.55 Å². The fourth-order valence-electron chi connectivity index (χ4n) is 5.09. The molecule has 4 aromatic rings. The van der Waals surface area contributed by atoms with Crippen LogP contribution in [0.3, 0.4) is 0 Å². The molecule has 33 heavy (non-hydrogen) atoms. The van der Waals surface area contributed by atoms with Gasteiger partial charge in [0.15, 0.2) is 0 Å². The van der Waals surface area contributed by atoms with Crippen molar-refractivity contribution in [3.8, 4) is 11.4 Å². The van der Waals surface area contributed by atoms with Crippen molar-refractivity contribution in [2.24, 2.45) is 0 Å². The summed E-state index contributed by atoms with van der Waals surface area (Å²) < 4.78 is 2.28. The largest absolute Gasteiger partial charge is 0.478 e. The molecule has 0 bridgehead atoms. The molecule has 0 fully saturated rings. The highest BCUT2D eigenvalue weighted by Gasteiger charge is 2.37. The monoisotopic (exact) mass is 438 g/mol. The van der Waals surface area contributed by atoms with Gasteiger partial charge in [-0.3, -0.25) is 0 Å². The van der Waals surface area contributed by atoms with E-state index in [4.69, 9.17) is 4.98 Å². The molecule has 168 valence electrons. The second-order valence-electron chi connectivity index (χ2n) is 10.5. The topological polar surface area (TPSA) is 55.1 Å². The Kier molecular flexibility index (Phi) is 4.93. The predicted octanol–water partition coefficient (Wildman–Crippen LogP) is 6.80. The number of aromatic nitrogens is 2. The van der Waals surface area contributed by atoms with Crippen LogP contribution in [0.15, 0.2) is 66.7 Å². The lowest BCUT2D eigenvalue weighted by Gasteiger charge is -2.41. The smallest absolute Gasteiger partial charge is 0.335 e. The van der Waals surface area contributed by atoms with Crippen molar-refractivity contribution in [3.63, 3.8) is 0 Å². The molecule has 1 N–H and O–H groups in total. The molecule has 0 atom stereocenters. The molecule has 5 rings (SSSR count). The molecule has 1 aliphatic carbocycles. The number of aromatic carboxylic acids is 1. The number of rotatable bonds is 4. The zero-order valence-corrected chi connectivity index (χ0v) is 19.7. The number of hydrogen-bond donors (Lipinski definition) is 1. The zero-order chi connectivity index (χ0) is 23.4. The maximum absolute atomic E-state index is 11.3. The quantitative estimate of drug-likeness (QED) is 0.381. The van der Waals surface area contributed by atoms with Crippen LogP contribution in [0.1, 0.15) is 67.6 Å². The van der Waals surface area contributed by atoms with Crippen molar-refractivity contribution >= 4 is 17.0 Å². The van der Waals surface area contributed by atoms with Gasteiger partial charge < -0.3 is 9.67 Å². The van der Waals surface area contributed by atoms with Gasteiger partial charge in [0.1, 0.15) is 5.82 Å². The molecular formula is C29H30N2O2. The average molecular weight is 439 g/mol. The van der Waals surface area contributed by atoms with Crippen LogP contribution in [0, 0.1) is 0 Å². The van der Waals surface area contributed by atoms with Gasteiger partial charge >= 0.3 is 5.97 Å². The summed E-state index contributed by atoms with van der Waals surface area (Å²) in [5.74, 6) is -0.0553. The molecule has 1 heterocycles. The Labute approximate surface area is 194 Å². The van der Waals surface area contributed by atoms with Crippen LogP contribution in [0.5, 0.6) is 0 Å². The van der Waals surface area contributed by atoms with Crippen LogP contribution in [0.2, 0.25) is 0 Å². The van der Waals surface area contributed by atoms with Gasteiger partial charge in [0.25, 0.3) is 0 Å². The molecule has 4 nitrogen and oxygen atoms in total. The van der Waals surface area contributed by atoms with Crippen LogP contribution in [0.4, 0.5) is 0 Å². The Morgan fingerprint density at radius 1 is 0.909 bits per heavy atom. The number of imidazole rings is 1. The number of carboxylic acid groups (broad SMARTS) is 1. The van der Waals surface area contributed by atoms with Gasteiger partial charge in [-0.15, -0.1) is 0 Å². The van der Waals surface area contributed by atoms with Gasteiger partial charge in [-0.1, -0.05) is 70.2 Å². The Balaban J connectivity index is 1.75. The van der Waals surface area contributed by atoms with Gasteiger partial charge in [-0.2, -0.15) is 0 Å². The molecule has 0 unspecified atom stereocenters. The summed E-state index contributed by atoms with van der Waals surface area (Å²) in [6, 6.07) is 22.1. The van der Waals surface area contributed by atoms with E-state index in [0.29, 0.717) is 6.54 Å². The minimum atomic E-state index is -0.920. The van der Waals surface area contributed by atoms with E-state index in [1.165, 1.54) is 16.7 Å². The summed E-state index contributed by atoms with van der Waals surface area (Å²) >= 11 is 0. The van der Waals surface area contributed by atoms with Crippen LogP contribution in [-0.4, -0.2) is 20.6 Å². The Morgan fingerprint density at radius 2 is 1.52 bits per heavy atom. The molecule has 3 aromatic carbocycles. The first-order valence-electron chi connectivity index (χ1n) is 11.6. The van der Waals surface area contributed by atoms with Gasteiger partial charge in [-0.05, 0) is 64.6 Å². The summed E-state index contributed by atoms with van der Waals surface area (Å²) in [6.07, 6.45) is 2.32. The van der Waals surface area contributed by atoms with Crippen molar-refractivity contribution in [3.05, 3.63) is 89.0 Å². The van der Waals surface area contributed by atoms with Gasteiger partial charge in [0, 0.05) is 12.1 Å². The van der Waals surface area contributed by atoms with E-state index in [1.807, 2.05) is 18.2 Å². The number of benzene rings is 3. The van der Waals surface area contributed by atoms with Crippen LogP contribution in [-0.2, 0) is 17.4 Å². The lowest BCUT2D eigenvalue weighted by Crippen LogP contribution is -2.33. The maximum atomic E-state index is 11.3. The third-order valence-corrected chi connectivity index (χ3v) is 7.29. The number of hydrogen-bond acceptors (Lipinski definition) is 2. The van der Waals surface area contributed by atoms with Crippen molar-refractivity contribution in [2.45, 2.75) is 57.9 Å². The molecule has 0 radical (unpaired) electrons. The molecule has 1 aliphatic rings. The Morgan fingerprint density at radius 3 is 2.12 bits per heavy atom. The van der Waals surface area contributed by atoms with E-state index in [2.05, 4.69) is 68.7 Å². The minimum Gasteiger partial charge on any atom is -0.478 e. The average Bonchev–Trinajstić information content (AvgIpc) is 3.14. The second kappa shape index (κ2) is 7.58. The summed E-state index contributed by atoms with van der Waals surface area (Å²) in [4.78, 5) is 16.4. The minimum absolute atomic E-state index is 0.115. The van der Waals surface area contributed by atoms with Crippen molar-refractivity contribution < 1.29 is 9.90 Å². The highest BCUT2D eigenvalue weighted by molar-refractivity contribution is 5.89. The number of carbonyl (C=O) groups is 1. The third-order valence-electron chi connectivity index (χ3n) is 7.29. The Bertz CT molecular complexity index is 1350. The number of fused-ring (bicyclic) bond motifs is 2. The summed E-state index contributed by atoms with van der Waals surface area (Å²) in [6.45, 7) is 10.1. The van der Waals surface area contributed by atoms with Crippen molar-refractivity contribution in [2.75, 3.05) is 0 Å². The zero-order valence-electron chi connectivity index (χ0n) is 19.7. The predicted molar refractivity (Wildman–Crippen MR) is 133 cm³/mol. The highest BCUT2D eigenvalue weighted by Crippen LogP contribution is 2.47. The Hall–Kier alpha value is -3.40. The lowest BCUT2D eigenvalue weighted by molar-refractivity contribution is 0.0697. The molecule has 1 aromatic heterocycles. The molecular weight excluding hydrogens is 408 g/mol. The van der Waals surface area contributed by atoms with Gasteiger partial charge in [0.05, 0.1) is 16.6 Å². The molecule has 0 saturated carbocycles. The van der Waals surface area contributed by atoms with Crippen LogP contribution < -0.4 is 0 Å². The second-order valence-corrected chi connectivity index (χ2v) is 10.5. The first kappa shape index (κ1) is 21.4. The SMILES string of the molecule is CC1(C)CCC(C)(C)c2cc3c(cc21)nc(-c1ccc(C(=O)O)cc1)n3Cc1ccccc1. The van der Waals surface area contributed by atoms with Gasteiger partial charge in [0.2, 0.25) is 0 Å². The first-order valence-corrected chi connectivity index (χ1v) is 11.6. The number of carboxylic acids is 1. The number of nitrogens with zero attached hydrogens (tertiary/aromatic N) is 2. The fourth-order valence-corrected chi connectivity index (χ4v) is 5.09. The summed E-state index contributed by atoms with van der Waals surface area (Å²) in [5, 5.41) is 9.31. The third kappa shape index (κ3) is 3.74. The molecule has 0 aliphatic heterocycles.